The third kappa shape index (κ3) is 2.99. The molecule has 1 atom stereocenters. The number of benzene rings is 1. The quantitative estimate of drug-likeness (QED) is 0.587. The third-order valence-electron chi connectivity index (χ3n) is 1.70. The second kappa shape index (κ2) is 4.53. The monoisotopic (exact) mass is 192 g/mol. The maximum Gasteiger partial charge on any atom is 0.269 e. The number of nitro groups is 1. The van der Waals surface area contributed by atoms with Crippen molar-refractivity contribution in [3.63, 3.8) is 0 Å². The Balaban J connectivity index is 2.78. The van der Waals surface area contributed by atoms with E-state index in [-0.39, 0.29) is 11.7 Å². The molecule has 0 radical (unpaired) electrons. The summed E-state index contributed by atoms with van der Waals surface area (Å²) in [5.74, 6) is 0. The van der Waals surface area contributed by atoms with Crippen LogP contribution in [-0.2, 0) is 0 Å². The molecule has 4 heteroatoms. The van der Waals surface area contributed by atoms with E-state index < -0.39 is 4.92 Å². The number of hydrogen-bond acceptors (Lipinski definition) is 3. The first-order valence-electron chi connectivity index (χ1n) is 4.28. The molecule has 0 saturated heterocycles. The Labute approximate surface area is 82.2 Å². The van der Waals surface area contributed by atoms with Crippen LogP contribution in [0.15, 0.2) is 30.3 Å². The molecule has 1 rings (SSSR count). The molecule has 2 N–H and O–H groups in total. The van der Waals surface area contributed by atoms with Crippen LogP contribution in [0.1, 0.15) is 12.5 Å². The number of rotatable bonds is 3. The Bertz CT molecular complexity index is 342. The van der Waals surface area contributed by atoms with Gasteiger partial charge in [-0.05, 0) is 24.6 Å². The van der Waals surface area contributed by atoms with Crippen LogP contribution in [0.5, 0.6) is 0 Å². The summed E-state index contributed by atoms with van der Waals surface area (Å²) in [6, 6.07) is 6.32. The Morgan fingerprint density at radius 2 is 2.00 bits per heavy atom. The van der Waals surface area contributed by atoms with Crippen LogP contribution in [0.2, 0.25) is 0 Å². The molecule has 0 fully saturated rings. The van der Waals surface area contributed by atoms with E-state index in [0.717, 1.165) is 5.56 Å². The van der Waals surface area contributed by atoms with Crippen molar-refractivity contribution in [3.8, 4) is 0 Å². The molecule has 0 saturated carbocycles. The average molecular weight is 192 g/mol. The number of hydrogen-bond donors (Lipinski definition) is 1. The van der Waals surface area contributed by atoms with Crippen LogP contribution in [0, 0.1) is 10.1 Å². The second-order valence-corrected chi connectivity index (χ2v) is 3.07. The normalized spacial score (nSPS) is 13.0. The Kier molecular flexibility index (Phi) is 3.36. The topological polar surface area (TPSA) is 69.2 Å². The second-order valence-electron chi connectivity index (χ2n) is 3.07. The van der Waals surface area contributed by atoms with Gasteiger partial charge in [0.15, 0.2) is 0 Å². The average Bonchev–Trinajstić information content (AvgIpc) is 2.15. The summed E-state index contributed by atoms with van der Waals surface area (Å²) < 4.78 is 0. The predicted molar refractivity (Wildman–Crippen MR) is 55.8 cm³/mol. The van der Waals surface area contributed by atoms with E-state index in [9.17, 15) is 10.1 Å². The third-order valence-corrected chi connectivity index (χ3v) is 1.70. The highest BCUT2D eigenvalue weighted by Gasteiger charge is 2.01. The van der Waals surface area contributed by atoms with E-state index in [1.807, 2.05) is 19.1 Å². The predicted octanol–water partition coefficient (Wildman–Crippen LogP) is 1.96. The van der Waals surface area contributed by atoms with Crippen molar-refractivity contribution in [2.75, 3.05) is 0 Å². The maximum absolute atomic E-state index is 10.3. The molecule has 1 aromatic rings. The van der Waals surface area contributed by atoms with Gasteiger partial charge in [0.25, 0.3) is 5.69 Å². The standard InChI is InChI=1S/C10H12N2O2/c1-8(11)2-3-9-4-6-10(7-5-9)12(13)14/h2-8H,11H2,1H3/b3-2+. The van der Waals surface area contributed by atoms with Crippen molar-refractivity contribution in [3.05, 3.63) is 46.0 Å². The zero-order valence-corrected chi connectivity index (χ0v) is 7.88. The zero-order chi connectivity index (χ0) is 10.6. The van der Waals surface area contributed by atoms with Gasteiger partial charge in [0.2, 0.25) is 0 Å². The molecule has 1 aromatic carbocycles. The van der Waals surface area contributed by atoms with Crippen molar-refractivity contribution in [2.24, 2.45) is 5.73 Å². The largest absolute Gasteiger partial charge is 0.325 e. The lowest BCUT2D eigenvalue weighted by atomic mass is 10.2. The highest BCUT2D eigenvalue weighted by Crippen LogP contribution is 2.12. The highest BCUT2D eigenvalue weighted by atomic mass is 16.6. The van der Waals surface area contributed by atoms with Crippen LogP contribution in [0.3, 0.4) is 0 Å². The van der Waals surface area contributed by atoms with E-state index in [1.54, 1.807) is 12.1 Å². The van der Waals surface area contributed by atoms with E-state index in [2.05, 4.69) is 0 Å². The van der Waals surface area contributed by atoms with Gasteiger partial charge in [0, 0.05) is 18.2 Å². The van der Waals surface area contributed by atoms with Gasteiger partial charge in [-0.3, -0.25) is 10.1 Å². The van der Waals surface area contributed by atoms with Crippen molar-refractivity contribution < 1.29 is 4.92 Å². The Morgan fingerprint density at radius 3 is 2.43 bits per heavy atom. The molecule has 74 valence electrons. The summed E-state index contributed by atoms with van der Waals surface area (Å²) in [6.45, 7) is 1.86. The summed E-state index contributed by atoms with van der Waals surface area (Å²) in [5.41, 5.74) is 6.53. The van der Waals surface area contributed by atoms with E-state index in [4.69, 9.17) is 5.73 Å². The van der Waals surface area contributed by atoms with Gasteiger partial charge in [0.05, 0.1) is 4.92 Å². The first-order valence-corrected chi connectivity index (χ1v) is 4.28. The summed E-state index contributed by atoms with van der Waals surface area (Å²) >= 11 is 0. The number of nitrogens with zero attached hydrogens (tertiary/aromatic N) is 1. The van der Waals surface area contributed by atoms with Crippen molar-refractivity contribution in [1.82, 2.24) is 0 Å². The van der Waals surface area contributed by atoms with Gasteiger partial charge in [-0.15, -0.1) is 0 Å². The highest BCUT2D eigenvalue weighted by molar-refractivity contribution is 5.52. The molecule has 1 unspecified atom stereocenters. The minimum absolute atomic E-state index is 0.00908. The SMILES string of the molecule is CC(N)/C=C/c1ccc([N+](=O)[O-])cc1. The maximum atomic E-state index is 10.3. The first-order chi connectivity index (χ1) is 6.59. The van der Waals surface area contributed by atoms with Crippen molar-refractivity contribution >= 4 is 11.8 Å². The molecule has 0 bridgehead atoms. The van der Waals surface area contributed by atoms with Crippen LogP contribution in [0.4, 0.5) is 5.69 Å². The molecule has 14 heavy (non-hydrogen) atoms. The van der Waals surface area contributed by atoms with Gasteiger partial charge in [0.1, 0.15) is 0 Å². The van der Waals surface area contributed by atoms with Crippen LogP contribution < -0.4 is 5.73 Å². The number of nitro benzene ring substituents is 1. The fourth-order valence-electron chi connectivity index (χ4n) is 0.970. The van der Waals surface area contributed by atoms with E-state index in [0.29, 0.717) is 0 Å². The molecule has 0 heterocycles. The molecule has 4 nitrogen and oxygen atoms in total. The van der Waals surface area contributed by atoms with Crippen molar-refractivity contribution in [1.29, 1.82) is 0 Å². The van der Waals surface area contributed by atoms with Crippen LogP contribution in [-0.4, -0.2) is 11.0 Å². The number of non-ortho nitro benzene ring substituents is 1. The zero-order valence-electron chi connectivity index (χ0n) is 7.88. The summed E-state index contributed by atoms with van der Waals surface area (Å²) in [7, 11) is 0. The summed E-state index contributed by atoms with van der Waals surface area (Å²) in [4.78, 5) is 9.93. The molecular formula is C10H12N2O2. The van der Waals surface area contributed by atoms with Gasteiger partial charge < -0.3 is 5.73 Å². The lowest BCUT2D eigenvalue weighted by Crippen LogP contribution is -2.09. The molecule has 0 amide bonds. The fraction of sp³-hybridized carbons (Fsp3) is 0.200. The Morgan fingerprint density at radius 1 is 1.43 bits per heavy atom. The van der Waals surface area contributed by atoms with Crippen LogP contribution >= 0.6 is 0 Å². The lowest BCUT2D eigenvalue weighted by Gasteiger charge is -1.96. The molecule has 0 aromatic heterocycles. The van der Waals surface area contributed by atoms with Gasteiger partial charge in [-0.1, -0.05) is 12.2 Å². The van der Waals surface area contributed by atoms with Gasteiger partial charge in [-0.2, -0.15) is 0 Å². The Hall–Kier alpha value is -1.68. The molecule has 0 spiro atoms. The van der Waals surface area contributed by atoms with E-state index >= 15 is 0 Å². The van der Waals surface area contributed by atoms with Crippen molar-refractivity contribution in [2.45, 2.75) is 13.0 Å². The molecule has 0 aliphatic carbocycles. The van der Waals surface area contributed by atoms with E-state index in [1.165, 1.54) is 12.1 Å². The minimum Gasteiger partial charge on any atom is -0.325 e. The molecule has 0 aliphatic rings. The van der Waals surface area contributed by atoms with Gasteiger partial charge in [-0.25, -0.2) is 0 Å². The molecular weight excluding hydrogens is 180 g/mol. The fourth-order valence-corrected chi connectivity index (χ4v) is 0.970. The van der Waals surface area contributed by atoms with Gasteiger partial charge >= 0.3 is 0 Å². The van der Waals surface area contributed by atoms with Crippen LogP contribution in [0.25, 0.3) is 6.08 Å². The molecule has 0 aliphatic heterocycles. The summed E-state index contributed by atoms with van der Waals surface area (Å²) in [5, 5.41) is 10.3. The number of nitrogens with two attached hydrogens (primary N) is 1. The minimum atomic E-state index is -0.418. The summed E-state index contributed by atoms with van der Waals surface area (Å²) in [6.07, 6.45) is 3.68. The first kappa shape index (κ1) is 10.4. The smallest absolute Gasteiger partial charge is 0.269 e. The lowest BCUT2D eigenvalue weighted by molar-refractivity contribution is -0.384.